The highest BCUT2D eigenvalue weighted by molar-refractivity contribution is 9.10. The van der Waals surface area contributed by atoms with Gasteiger partial charge < -0.3 is 19.9 Å². The molecule has 0 saturated heterocycles. The summed E-state index contributed by atoms with van der Waals surface area (Å²) in [5.74, 6) is -7.31. The number of primary amides is 1. The molecule has 14 heteroatoms. The number of pyridine rings is 1. The number of carbonyl (C=O) groups excluding carboxylic acids is 1. The number of aryl methyl sites for hydroxylation is 1. The Hall–Kier alpha value is -3.55. The van der Waals surface area contributed by atoms with Crippen LogP contribution >= 0.6 is 15.9 Å². The zero-order chi connectivity index (χ0) is 29.5. The summed E-state index contributed by atoms with van der Waals surface area (Å²) in [6.07, 6.45) is -10.5. The standard InChI is InChI=1S/C22H14BrF7N2O4/c1-9-11(4-6-16(23)32-9)12-8-15(17(20(31)33)19(24)18(12)21(25,26)27)35-13-5-3-10(7-14(13)34-2)36-22(28,29)30/h3-8H,1-2H3,(H2,31,33)/i2D3. The van der Waals surface area contributed by atoms with Crippen LogP contribution in [0.5, 0.6) is 23.0 Å². The second-order valence-electron chi connectivity index (χ2n) is 6.98. The molecule has 1 aromatic heterocycles. The second kappa shape index (κ2) is 9.84. The van der Waals surface area contributed by atoms with Gasteiger partial charge in [-0.3, -0.25) is 4.79 Å². The fourth-order valence-corrected chi connectivity index (χ4v) is 3.61. The van der Waals surface area contributed by atoms with E-state index in [1.807, 2.05) is 0 Å². The zero-order valence-electron chi connectivity index (χ0n) is 20.6. The number of carbonyl (C=O) groups is 1. The Morgan fingerprint density at radius 1 is 1.03 bits per heavy atom. The lowest BCUT2D eigenvalue weighted by Gasteiger charge is -2.20. The van der Waals surface area contributed by atoms with Crippen molar-refractivity contribution in [3.8, 4) is 34.1 Å². The highest BCUT2D eigenvalue weighted by Crippen LogP contribution is 2.46. The van der Waals surface area contributed by atoms with Crippen molar-refractivity contribution >= 4 is 21.8 Å². The van der Waals surface area contributed by atoms with Crippen LogP contribution in [0.25, 0.3) is 11.1 Å². The molecule has 3 aromatic rings. The molecule has 0 spiro atoms. The fourth-order valence-electron chi connectivity index (χ4n) is 3.21. The number of nitrogens with zero attached hydrogens (tertiary/aromatic N) is 1. The molecule has 0 aliphatic carbocycles. The molecule has 0 fully saturated rings. The lowest BCUT2D eigenvalue weighted by molar-refractivity contribution is -0.274. The fraction of sp³-hybridized carbons (Fsp3) is 0.182. The number of benzene rings is 2. The minimum atomic E-state index is -5.34. The summed E-state index contributed by atoms with van der Waals surface area (Å²) in [6.45, 7) is 1.32. The van der Waals surface area contributed by atoms with Crippen molar-refractivity contribution in [3.05, 3.63) is 63.6 Å². The number of halogens is 8. The Bertz CT molecular complexity index is 1430. The smallest absolute Gasteiger partial charge is 0.493 e. The number of rotatable bonds is 6. The van der Waals surface area contributed by atoms with Crippen LogP contribution in [-0.4, -0.2) is 24.3 Å². The highest BCUT2D eigenvalue weighted by atomic mass is 79.9. The van der Waals surface area contributed by atoms with Crippen molar-refractivity contribution in [2.75, 3.05) is 7.04 Å². The van der Waals surface area contributed by atoms with Crippen LogP contribution in [0.1, 0.15) is 25.7 Å². The van der Waals surface area contributed by atoms with Gasteiger partial charge in [-0.1, -0.05) is 0 Å². The normalized spacial score (nSPS) is 13.4. The van der Waals surface area contributed by atoms with Crippen molar-refractivity contribution in [3.63, 3.8) is 0 Å². The van der Waals surface area contributed by atoms with Gasteiger partial charge in [0.2, 0.25) is 0 Å². The van der Waals surface area contributed by atoms with E-state index < -0.39 is 71.0 Å². The third-order valence-electron chi connectivity index (χ3n) is 4.58. The molecule has 0 radical (unpaired) electrons. The van der Waals surface area contributed by atoms with E-state index in [0.717, 1.165) is 0 Å². The van der Waals surface area contributed by atoms with Crippen LogP contribution in [0.2, 0.25) is 0 Å². The predicted octanol–water partition coefficient (Wildman–Crippen LogP) is 6.78. The molecule has 0 unspecified atom stereocenters. The van der Waals surface area contributed by atoms with Crippen LogP contribution in [0, 0.1) is 12.7 Å². The van der Waals surface area contributed by atoms with Crippen LogP contribution < -0.4 is 19.9 Å². The van der Waals surface area contributed by atoms with Gasteiger partial charge >= 0.3 is 12.5 Å². The average molecular weight is 586 g/mol. The number of hydrogen-bond donors (Lipinski definition) is 1. The summed E-state index contributed by atoms with van der Waals surface area (Å²) in [7, 11) is -3.25. The molecule has 0 aliphatic heterocycles. The summed E-state index contributed by atoms with van der Waals surface area (Å²) in [5, 5.41) is 0. The summed E-state index contributed by atoms with van der Waals surface area (Å²) < 4.78 is 131. The Morgan fingerprint density at radius 3 is 2.28 bits per heavy atom. The molecule has 0 saturated carbocycles. The van der Waals surface area contributed by atoms with Gasteiger partial charge in [0.25, 0.3) is 5.91 Å². The lowest BCUT2D eigenvalue weighted by Crippen LogP contribution is -2.20. The Labute approximate surface area is 211 Å². The van der Waals surface area contributed by atoms with Gasteiger partial charge in [-0.15, -0.1) is 13.2 Å². The summed E-state index contributed by atoms with van der Waals surface area (Å²) in [6, 6.07) is 4.88. The van der Waals surface area contributed by atoms with E-state index in [-0.39, 0.29) is 15.9 Å². The number of ether oxygens (including phenoxy) is 3. The average Bonchev–Trinajstić information content (AvgIpc) is 2.71. The van der Waals surface area contributed by atoms with Gasteiger partial charge in [0, 0.05) is 22.9 Å². The molecule has 0 atom stereocenters. The van der Waals surface area contributed by atoms with E-state index >= 15 is 4.39 Å². The molecule has 0 bridgehead atoms. The van der Waals surface area contributed by atoms with E-state index in [1.54, 1.807) is 0 Å². The number of aromatic nitrogens is 1. The maximum absolute atomic E-state index is 15.4. The Balaban J connectivity index is 2.30. The number of nitrogens with two attached hydrogens (primary N) is 1. The molecule has 192 valence electrons. The van der Waals surface area contributed by atoms with E-state index in [1.165, 1.54) is 19.1 Å². The first-order valence-corrected chi connectivity index (χ1v) is 10.2. The third kappa shape index (κ3) is 5.80. The zero-order valence-corrected chi connectivity index (χ0v) is 19.2. The molecule has 1 amide bonds. The van der Waals surface area contributed by atoms with Gasteiger partial charge in [0.15, 0.2) is 17.3 Å². The molecule has 0 aliphatic rings. The molecular weight excluding hydrogens is 569 g/mol. The van der Waals surface area contributed by atoms with E-state index in [9.17, 15) is 31.1 Å². The SMILES string of the molecule is [2H]C([2H])([2H])Oc1cc(OC(F)(F)F)ccc1Oc1cc(-c2ccc(Br)nc2C)c(C(F)(F)F)c(F)c1C(N)=O. The van der Waals surface area contributed by atoms with Crippen LogP contribution in [0.3, 0.4) is 0 Å². The van der Waals surface area contributed by atoms with Gasteiger partial charge in [0.1, 0.15) is 27.2 Å². The van der Waals surface area contributed by atoms with Gasteiger partial charge in [-0.2, -0.15) is 13.2 Å². The van der Waals surface area contributed by atoms with Crippen molar-refractivity contribution in [1.82, 2.24) is 4.98 Å². The number of hydrogen-bond acceptors (Lipinski definition) is 5. The topological polar surface area (TPSA) is 83.7 Å². The monoisotopic (exact) mass is 585 g/mol. The highest BCUT2D eigenvalue weighted by Gasteiger charge is 2.41. The molecule has 1 heterocycles. The van der Waals surface area contributed by atoms with Crippen LogP contribution in [0.15, 0.2) is 41.0 Å². The van der Waals surface area contributed by atoms with Gasteiger partial charge in [-0.05, 0) is 53.2 Å². The maximum atomic E-state index is 15.4. The van der Waals surface area contributed by atoms with Crippen molar-refractivity contribution < 1.29 is 53.9 Å². The first-order valence-electron chi connectivity index (χ1n) is 10.9. The van der Waals surface area contributed by atoms with Gasteiger partial charge in [-0.25, -0.2) is 9.37 Å². The minimum Gasteiger partial charge on any atom is -0.493 e. The Kier molecular flexibility index (Phi) is 6.25. The third-order valence-corrected chi connectivity index (χ3v) is 5.02. The summed E-state index contributed by atoms with van der Waals surface area (Å²) in [4.78, 5) is 16.0. The summed E-state index contributed by atoms with van der Waals surface area (Å²) >= 11 is 3.05. The first kappa shape index (κ1) is 22.9. The first-order chi connectivity index (χ1) is 17.8. The second-order valence-corrected chi connectivity index (χ2v) is 7.79. The van der Waals surface area contributed by atoms with E-state index in [0.29, 0.717) is 24.3 Å². The molecule has 36 heavy (non-hydrogen) atoms. The predicted molar refractivity (Wildman–Crippen MR) is 115 cm³/mol. The molecule has 3 rings (SSSR count). The minimum absolute atomic E-state index is 0.00660. The quantitative estimate of drug-likeness (QED) is 0.255. The van der Waals surface area contributed by atoms with E-state index in [4.69, 9.17) is 14.6 Å². The Morgan fingerprint density at radius 2 is 1.72 bits per heavy atom. The molecular formula is C22H14BrF7N2O4. The van der Waals surface area contributed by atoms with Crippen molar-refractivity contribution in [2.24, 2.45) is 5.73 Å². The van der Waals surface area contributed by atoms with Crippen molar-refractivity contribution in [2.45, 2.75) is 19.5 Å². The lowest BCUT2D eigenvalue weighted by atomic mass is 9.94. The molecule has 2 N–H and O–H groups in total. The number of methoxy groups -OCH3 is 1. The van der Waals surface area contributed by atoms with Crippen molar-refractivity contribution in [1.29, 1.82) is 0 Å². The molecule has 2 aromatic carbocycles. The van der Waals surface area contributed by atoms with E-state index in [2.05, 4.69) is 30.4 Å². The number of alkyl halides is 6. The van der Waals surface area contributed by atoms with Crippen LogP contribution in [0.4, 0.5) is 30.7 Å². The largest absolute Gasteiger partial charge is 0.573 e. The molecule has 6 nitrogen and oxygen atoms in total. The van der Waals surface area contributed by atoms with Gasteiger partial charge in [0.05, 0.1) is 11.2 Å². The summed E-state index contributed by atoms with van der Waals surface area (Å²) in [5.41, 5.74) is 0.856. The van der Waals surface area contributed by atoms with Crippen LogP contribution in [-0.2, 0) is 6.18 Å². The maximum Gasteiger partial charge on any atom is 0.573 e. The number of amides is 1.